The van der Waals surface area contributed by atoms with Gasteiger partial charge in [-0.3, -0.25) is 0 Å². The number of nitrogens with one attached hydrogen (secondary N) is 1. The predicted molar refractivity (Wildman–Crippen MR) is 62.6 cm³/mol. The van der Waals surface area contributed by atoms with Gasteiger partial charge in [0.15, 0.2) is 0 Å². The zero-order valence-corrected chi connectivity index (χ0v) is 10.2. The number of likely N-dealkylation sites (N-methyl/N-ethyl adjacent to an activating group) is 1. The van der Waals surface area contributed by atoms with Crippen LogP contribution in [0.1, 0.15) is 40.0 Å². The summed E-state index contributed by atoms with van der Waals surface area (Å²) in [6, 6.07) is 1.46. The minimum Gasteiger partial charge on any atom is -0.313 e. The van der Waals surface area contributed by atoms with Crippen LogP contribution in [0.15, 0.2) is 0 Å². The van der Waals surface area contributed by atoms with Gasteiger partial charge in [0.2, 0.25) is 0 Å². The third-order valence-electron chi connectivity index (χ3n) is 3.47. The van der Waals surface area contributed by atoms with Crippen molar-refractivity contribution in [2.24, 2.45) is 5.92 Å². The second-order valence-electron chi connectivity index (χ2n) is 5.14. The van der Waals surface area contributed by atoms with Gasteiger partial charge in [0.05, 0.1) is 0 Å². The lowest BCUT2D eigenvalue weighted by atomic mass is 10.1. The lowest BCUT2D eigenvalue weighted by Gasteiger charge is -2.22. The van der Waals surface area contributed by atoms with Crippen molar-refractivity contribution in [2.75, 3.05) is 20.1 Å². The van der Waals surface area contributed by atoms with Crippen molar-refractivity contribution < 1.29 is 0 Å². The second-order valence-corrected chi connectivity index (χ2v) is 5.14. The number of hydrogen-bond acceptors (Lipinski definition) is 2. The number of hydrogen-bond donors (Lipinski definition) is 1. The molecule has 1 saturated carbocycles. The van der Waals surface area contributed by atoms with Gasteiger partial charge in [-0.25, -0.2) is 0 Å². The molecule has 2 heteroatoms. The molecule has 0 aromatic rings. The smallest absolute Gasteiger partial charge is 0.0107 e. The van der Waals surface area contributed by atoms with E-state index in [1.807, 2.05) is 0 Å². The number of nitrogens with zero attached hydrogens (tertiary/aromatic N) is 1. The minimum absolute atomic E-state index is 0.666. The first-order valence-corrected chi connectivity index (χ1v) is 6.03. The first-order valence-electron chi connectivity index (χ1n) is 6.03. The minimum atomic E-state index is 0.666. The summed E-state index contributed by atoms with van der Waals surface area (Å²) < 4.78 is 0. The molecule has 2 unspecified atom stereocenters. The van der Waals surface area contributed by atoms with Crippen molar-refractivity contribution in [1.82, 2.24) is 10.2 Å². The molecule has 1 aliphatic rings. The summed E-state index contributed by atoms with van der Waals surface area (Å²) in [5.74, 6) is 0.940. The molecule has 2 atom stereocenters. The van der Waals surface area contributed by atoms with Crippen LogP contribution in [-0.2, 0) is 0 Å². The van der Waals surface area contributed by atoms with Crippen LogP contribution in [-0.4, -0.2) is 37.1 Å². The van der Waals surface area contributed by atoms with Gasteiger partial charge in [-0.15, -0.1) is 0 Å². The van der Waals surface area contributed by atoms with E-state index in [1.54, 1.807) is 0 Å². The van der Waals surface area contributed by atoms with Crippen molar-refractivity contribution in [1.29, 1.82) is 0 Å². The molecule has 0 aliphatic heterocycles. The van der Waals surface area contributed by atoms with E-state index in [0.717, 1.165) is 18.5 Å². The van der Waals surface area contributed by atoms with Crippen LogP contribution in [0.5, 0.6) is 0 Å². The van der Waals surface area contributed by atoms with Gasteiger partial charge in [-0.1, -0.05) is 6.92 Å². The van der Waals surface area contributed by atoms with Gasteiger partial charge < -0.3 is 10.2 Å². The van der Waals surface area contributed by atoms with Crippen LogP contribution in [0.3, 0.4) is 0 Å². The SMILES string of the molecule is CC1CCC(NCCN(C)C(C)C)C1. The monoisotopic (exact) mass is 198 g/mol. The molecule has 1 aliphatic carbocycles. The van der Waals surface area contributed by atoms with E-state index in [9.17, 15) is 0 Å². The molecule has 0 spiro atoms. The van der Waals surface area contributed by atoms with Crippen LogP contribution in [0.4, 0.5) is 0 Å². The summed E-state index contributed by atoms with van der Waals surface area (Å²) in [6.45, 7) is 9.17. The first kappa shape index (κ1) is 12.0. The van der Waals surface area contributed by atoms with Gasteiger partial charge in [-0.05, 0) is 46.1 Å². The maximum Gasteiger partial charge on any atom is 0.0107 e. The van der Waals surface area contributed by atoms with E-state index in [1.165, 1.54) is 25.8 Å². The Kier molecular flexibility index (Phi) is 4.90. The summed E-state index contributed by atoms with van der Waals surface area (Å²) in [6.07, 6.45) is 4.18. The summed E-state index contributed by atoms with van der Waals surface area (Å²) in [5, 5.41) is 3.66. The fourth-order valence-corrected chi connectivity index (χ4v) is 2.10. The highest BCUT2D eigenvalue weighted by molar-refractivity contribution is 4.78. The molecule has 1 fully saturated rings. The largest absolute Gasteiger partial charge is 0.313 e. The summed E-state index contributed by atoms with van der Waals surface area (Å²) >= 11 is 0. The first-order chi connectivity index (χ1) is 6.59. The van der Waals surface area contributed by atoms with Crippen LogP contribution in [0.25, 0.3) is 0 Å². The predicted octanol–water partition coefficient (Wildman–Crippen LogP) is 2.10. The zero-order chi connectivity index (χ0) is 10.6. The highest BCUT2D eigenvalue weighted by Crippen LogP contribution is 2.24. The second kappa shape index (κ2) is 5.72. The molecular formula is C12H26N2. The van der Waals surface area contributed by atoms with Crippen molar-refractivity contribution >= 4 is 0 Å². The lowest BCUT2D eigenvalue weighted by molar-refractivity contribution is 0.268. The maximum absolute atomic E-state index is 3.66. The average molecular weight is 198 g/mol. The van der Waals surface area contributed by atoms with E-state index in [-0.39, 0.29) is 0 Å². The summed E-state index contributed by atoms with van der Waals surface area (Å²) in [7, 11) is 2.20. The highest BCUT2D eigenvalue weighted by Gasteiger charge is 2.20. The van der Waals surface area contributed by atoms with E-state index in [0.29, 0.717) is 6.04 Å². The summed E-state index contributed by atoms with van der Waals surface area (Å²) in [5.41, 5.74) is 0. The Morgan fingerprint density at radius 1 is 1.36 bits per heavy atom. The molecule has 14 heavy (non-hydrogen) atoms. The Bertz CT molecular complexity index is 156. The Balaban J connectivity index is 2.04. The standard InChI is InChI=1S/C12H26N2/c1-10(2)14(4)8-7-13-12-6-5-11(3)9-12/h10-13H,5-9H2,1-4H3. The van der Waals surface area contributed by atoms with Gasteiger partial charge >= 0.3 is 0 Å². The molecule has 0 aromatic heterocycles. The van der Waals surface area contributed by atoms with E-state index in [4.69, 9.17) is 0 Å². The van der Waals surface area contributed by atoms with Crippen molar-refractivity contribution in [3.8, 4) is 0 Å². The Morgan fingerprint density at radius 2 is 2.07 bits per heavy atom. The molecule has 0 bridgehead atoms. The molecular weight excluding hydrogens is 172 g/mol. The molecule has 0 heterocycles. The molecule has 0 amide bonds. The van der Waals surface area contributed by atoms with Crippen molar-refractivity contribution in [2.45, 2.75) is 52.1 Å². The normalized spacial score (nSPS) is 27.9. The zero-order valence-electron chi connectivity index (χ0n) is 10.2. The van der Waals surface area contributed by atoms with Crippen LogP contribution in [0.2, 0.25) is 0 Å². The van der Waals surface area contributed by atoms with Gasteiger partial charge in [-0.2, -0.15) is 0 Å². The Labute approximate surface area is 89.1 Å². The van der Waals surface area contributed by atoms with Crippen molar-refractivity contribution in [3.63, 3.8) is 0 Å². The Morgan fingerprint density at radius 3 is 2.57 bits per heavy atom. The maximum atomic E-state index is 3.66. The highest BCUT2D eigenvalue weighted by atomic mass is 15.1. The molecule has 1 rings (SSSR count). The topological polar surface area (TPSA) is 15.3 Å². The van der Waals surface area contributed by atoms with Gasteiger partial charge in [0, 0.05) is 25.2 Å². The fraction of sp³-hybridized carbons (Fsp3) is 1.00. The fourth-order valence-electron chi connectivity index (χ4n) is 2.10. The van der Waals surface area contributed by atoms with Gasteiger partial charge in [0.25, 0.3) is 0 Å². The van der Waals surface area contributed by atoms with E-state index < -0.39 is 0 Å². The molecule has 1 N–H and O–H groups in total. The third-order valence-corrected chi connectivity index (χ3v) is 3.47. The molecule has 84 valence electrons. The molecule has 2 nitrogen and oxygen atoms in total. The summed E-state index contributed by atoms with van der Waals surface area (Å²) in [4.78, 5) is 2.39. The van der Waals surface area contributed by atoms with Crippen LogP contribution >= 0.6 is 0 Å². The lowest BCUT2D eigenvalue weighted by Crippen LogP contribution is -2.37. The van der Waals surface area contributed by atoms with Crippen LogP contribution < -0.4 is 5.32 Å². The average Bonchev–Trinajstić information content (AvgIpc) is 2.51. The quantitative estimate of drug-likeness (QED) is 0.728. The molecule has 0 aromatic carbocycles. The van der Waals surface area contributed by atoms with Crippen molar-refractivity contribution in [3.05, 3.63) is 0 Å². The van der Waals surface area contributed by atoms with Crippen LogP contribution in [0, 0.1) is 5.92 Å². The Hall–Kier alpha value is -0.0800. The molecule has 0 radical (unpaired) electrons. The number of rotatable bonds is 5. The third kappa shape index (κ3) is 3.97. The van der Waals surface area contributed by atoms with E-state index in [2.05, 4.69) is 38.0 Å². The molecule has 0 saturated heterocycles. The van der Waals surface area contributed by atoms with E-state index >= 15 is 0 Å². The van der Waals surface area contributed by atoms with Gasteiger partial charge in [0.1, 0.15) is 0 Å².